The molecule has 0 saturated heterocycles. The van der Waals surface area contributed by atoms with Crippen molar-refractivity contribution in [1.29, 1.82) is 0 Å². The number of nitrogens with zero attached hydrogens (tertiary/aromatic N) is 3. The molecule has 1 unspecified atom stereocenters. The minimum Gasteiger partial charge on any atom is -0.497 e. The van der Waals surface area contributed by atoms with Gasteiger partial charge in [0.05, 0.1) is 7.11 Å². The second-order valence-corrected chi connectivity index (χ2v) is 5.82. The Kier molecular flexibility index (Phi) is 3.70. The van der Waals surface area contributed by atoms with Crippen molar-refractivity contribution in [3.63, 3.8) is 0 Å². The van der Waals surface area contributed by atoms with Crippen LogP contribution in [0.5, 0.6) is 5.75 Å². The minimum atomic E-state index is -0.219. The summed E-state index contributed by atoms with van der Waals surface area (Å²) in [6.07, 6.45) is 3.18. The summed E-state index contributed by atoms with van der Waals surface area (Å²) >= 11 is 6.01. The molecule has 4 rings (SSSR count). The number of ether oxygens (including phenoxy) is 1. The number of furan rings is 1. The molecule has 1 atom stereocenters. The fourth-order valence-corrected chi connectivity index (χ4v) is 2.86. The zero-order valence-corrected chi connectivity index (χ0v) is 13.6. The van der Waals surface area contributed by atoms with Gasteiger partial charge in [-0.2, -0.15) is 5.10 Å². The maximum absolute atomic E-state index is 6.08. The molecule has 0 spiro atoms. The van der Waals surface area contributed by atoms with E-state index in [1.165, 1.54) is 6.33 Å². The van der Waals surface area contributed by atoms with Gasteiger partial charge in [0.2, 0.25) is 0 Å². The molecule has 4 aromatic rings. The van der Waals surface area contributed by atoms with Crippen LogP contribution < -0.4 is 4.74 Å². The highest BCUT2D eigenvalue weighted by molar-refractivity contribution is 6.30. The molecule has 0 fully saturated rings. The van der Waals surface area contributed by atoms with Crippen LogP contribution in [-0.2, 0) is 0 Å². The molecule has 5 nitrogen and oxygen atoms in total. The summed E-state index contributed by atoms with van der Waals surface area (Å²) in [4.78, 5) is 4.06. The van der Waals surface area contributed by atoms with Gasteiger partial charge in [-0.05, 0) is 35.9 Å². The van der Waals surface area contributed by atoms with Crippen LogP contribution in [0.1, 0.15) is 17.4 Å². The summed E-state index contributed by atoms with van der Waals surface area (Å²) in [7, 11) is 1.64. The van der Waals surface area contributed by atoms with E-state index in [1.54, 1.807) is 18.1 Å². The maximum atomic E-state index is 6.08. The normalized spacial score (nSPS) is 12.4. The first-order valence-corrected chi connectivity index (χ1v) is 7.79. The molecule has 0 radical (unpaired) electrons. The van der Waals surface area contributed by atoms with Crippen molar-refractivity contribution in [2.24, 2.45) is 0 Å². The lowest BCUT2D eigenvalue weighted by molar-refractivity contribution is 0.413. The molecular weight excluding hydrogens is 326 g/mol. The molecule has 2 heterocycles. The van der Waals surface area contributed by atoms with E-state index in [-0.39, 0.29) is 6.04 Å². The highest BCUT2D eigenvalue weighted by atomic mass is 35.5. The number of aromatic nitrogens is 3. The first-order chi connectivity index (χ1) is 11.7. The predicted octanol–water partition coefficient (Wildman–Crippen LogP) is 4.32. The van der Waals surface area contributed by atoms with Crippen LogP contribution in [-0.4, -0.2) is 21.9 Å². The van der Waals surface area contributed by atoms with Crippen LogP contribution in [0, 0.1) is 0 Å². The lowest BCUT2D eigenvalue weighted by Crippen LogP contribution is -2.12. The van der Waals surface area contributed by atoms with E-state index < -0.39 is 0 Å². The van der Waals surface area contributed by atoms with Gasteiger partial charge < -0.3 is 9.15 Å². The van der Waals surface area contributed by atoms with Crippen LogP contribution in [0.15, 0.2) is 65.6 Å². The first-order valence-electron chi connectivity index (χ1n) is 7.41. The molecule has 2 aromatic carbocycles. The second kappa shape index (κ2) is 6.02. The highest BCUT2D eigenvalue weighted by Crippen LogP contribution is 2.32. The van der Waals surface area contributed by atoms with Crippen molar-refractivity contribution in [2.75, 3.05) is 7.11 Å². The molecule has 0 N–H and O–H groups in total. The van der Waals surface area contributed by atoms with Gasteiger partial charge in [0.1, 0.15) is 35.8 Å². The lowest BCUT2D eigenvalue weighted by atomic mass is 10.0. The van der Waals surface area contributed by atoms with Crippen LogP contribution in [0.4, 0.5) is 0 Å². The third kappa shape index (κ3) is 2.63. The Morgan fingerprint density at radius 1 is 1.12 bits per heavy atom. The molecule has 24 heavy (non-hydrogen) atoms. The average Bonchev–Trinajstić information content (AvgIpc) is 3.26. The Morgan fingerprint density at radius 2 is 1.96 bits per heavy atom. The molecule has 120 valence electrons. The number of hydrogen-bond donors (Lipinski definition) is 0. The summed E-state index contributed by atoms with van der Waals surface area (Å²) in [5, 5.41) is 5.97. The van der Waals surface area contributed by atoms with E-state index in [0.717, 1.165) is 28.0 Å². The van der Waals surface area contributed by atoms with Gasteiger partial charge in [0.25, 0.3) is 0 Å². The van der Waals surface area contributed by atoms with Gasteiger partial charge in [0, 0.05) is 16.5 Å². The SMILES string of the molecule is COc1ccc2cc(C(c3ccc(Cl)cc3)n3cncn3)oc2c1. The molecule has 0 amide bonds. The summed E-state index contributed by atoms with van der Waals surface area (Å²) in [6.45, 7) is 0. The number of fused-ring (bicyclic) bond motifs is 1. The van der Waals surface area contributed by atoms with Crippen molar-refractivity contribution >= 4 is 22.6 Å². The smallest absolute Gasteiger partial charge is 0.138 e. The number of hydrogen-bond acceptors (Lipinski definition) is 4. The average molecular weight is 340 g/mol. The standard InChI is InChI=1S/C18H14ClN3O2/c1-23-15-7-4-13-8-17(24-16(13)9-15)18(22-11-20-10-21-22)12-2-5-14(19)6-3-12/h2-11,18H,1H3. The second-order valence-electron chi connectivity index (χ2n) is 5.38. The van der Waals surface area contributed by atoms with Gasteiger partial charge in [-0.25, -0.2) is 9.67 Å². The molecular formula is C18H14ClN3O2. The number of methoxy groups -OCH3 is 1. The zero-order valence-electron chi connectivity index (χ0n) is 12.9. The molecule has 0 aliphatic rings. The fourth-order valence-electron chi connectivity index (χ4n) is 2.74. The Hall–Kier alpha value is -2.79. The van der Waals surface area contributed by atoms with Gasteiger partial charge in [-0.3, -0.25) is 0 Å². The summed E-state index contributed by atoms with van der Waals surface area (Å²) < 4.78 is 13.1. The van der Waals surface area contributed by atoms with E-state index >= 15 is 0 Å². The highest BCUT2D eigenvalue weighted by Gasteiger charge is 2.21. The monoisotopic (exact) mass is 339 g/mol. The fraction of sp³-hybridized carbons (Fsp3) is 0.111. The predicted molar refractivity (Wildman–Crippen MR) is 91.5 cm³/mol. The maximum Gasteiger partial charge on any atom is 0.138 e. The number of halogens is 1. The van der Waals surface area contributed by atoms with Crippen molar-refractivity contribution in [3.05, 3.63) is 77.5 Å². The molecule has 6 heteroatoms. The Bertz CT molecular complexity index is 962. The Balaban J connectivity index is 1.85. The van der Waals surface area contributed by atoms with Crippen LogP contribution in [0.2, 0.25) is 5.02 Å². The van der Waals surface area contributed by atoms with Crippen molar-refractivity contribution < 1.29 is 9.15 Å². The van der Waals surface area contributed by atoms with Crippen molar-refractivity contribution in [2.45, 2.75) is 6.04 Å². The van der Waals surface area contributed by atoms with Crippen molar-refractivity contribution in [3.8, 4) is 5.75 Å². The largest absolute Gasteiger partial charge is 0.497 e. The van der Waals surface area contributed by atoms with Crippen LogP contribution >= 0.6 is 11.6 Å². The molecule has 0 aliphatic heterocycles. The topological polar surface area (TPSA) is 53.1 Å². The van der Waals surface area contributed by atoms with Gasteiger partial charge in [-0.15, -0.1) is 0 Å². The van der Waals surface area contributed by atoms with Gasteiger partial charge in [0.15, 0.2) is 0 Å². The lowest BCUT2D eigenvalue weighted by Gasteiger charge is -2.15. The third-order valence-electron chi connectivity index (χ3n) is 3.90. The quantitative estimate of drug-likeness (QED) is 0.555. The van der Waals surface area contributed by atoms with Crippen molar-refractivity contribution in [1.82, 2.24) is 14.8 Å². The summed E-state index contributed by atoms with van der Waals surface area (Å²) in [5.41, 5.74) is 1.78. The number of rotatable bonds is 4. The molecule has 0 aliphatic carbocycles. The van der Waals surface area contributed by atoms with E-state index in [9.17, 15) is 0 Å². The van der Waals surface area contributed by atoms with Gasteiger partial charge in [-0.1, -0.05) is 23.7 Å². The van der Waals surface area contributed by atoms with Gasteiger partial charge >= 0.3 is 0 Å². The summed E-state index contributed by atoms with van der Waals surface area (Å²) in [6, 6.07) is 15.2. The Labute approximate surface area is 143 Å². The van der Waals surface area contributed by atoms with E-state index in [0.29, 0.717) is 5.02 Å². The van der Waals surface area contributed by atoms with Crippen LogP contribution in [0.3, 0.4) is 0 Å². The van der Waals surface area contributed by atoms with E-state index in [2.05, 4.69) is 10.1 Å². The summed E-state index contributed by atoms with van der Waals surface area (Å²) in [5.74, 6) is 1.53. The number of benzene rings is 2. The zero-order chi connectivity index (χ0) is 16.5. The first kappa shape index (κ1) is 14.8. The molecule has 0 saturated carbocycles. The minimum absolute atomic E-state index is 0.219. The van der Waals surface area contributed by atoms with E-state index in [4.69, 9.17) is 20.8 Å². The van der Waals surface area contributed by atoms with E-state index in [1.807, 2.05) is 48.5 Å². The molecule has 0 bridgehead atoms. The third-order valence-corrected chi connectivity index (χ3v) is 4.15. The molecule has 2 aromatic heterocycles. The van der Waals surface area contributed by atoms with Crippen LogP contribution in [0.25, 0.3) is 11.0 Å². The Morgan fingerprint density at radius 3 is 2.67 bits per heavy atom.